The molecule has 0 heterocycles. The van der Waals surface area contributed by atoms with Gasteiger partial charge in [-0.05, 0) is 49.4 Å². The van der Waals surface area contributed by atoms with Gasteiger partial charge in [-0.3, -0.25) is 4.79 Å². The van der Waals surface area contributed by atoms with Crippen LogP contribution in [0.4, 0.5) is 0 Å². The van der Waals surface area contributed by atoms with E-state index in [1.165, 1.54) is 12.8 Å². The van der Waals surface area contributed by atoms with E-state index in [0.717, 1.165) is 37.5 Å². The molecule has 0 aliphatic heterocycles. The summed E-state index contributed by atoms with van der Waals surface area (Å²) in [4.78, 5) is 12.2. The van der Waals surface area contributed by atoms with Crippen LogP contribution < -0.4 is 15.8 Å². The minimum absolute atomic E-state index is 0. The van der Waals surface area contributed by atoms with Crippen molar-refractivity contribution in [2.45, 2.75) is 45.1 Å². The van der Waals surface area contributed by atoms with Gasteiger partial charge in [0.1, 0.15) is 5.75 Å². The number of hydrogen-bond acceptors (Lipinski definition) is 3. The number of nitrogens with two attached hydrogens (primary N) is 1. The van der Waals surface area contributed by atoms with Gasteiger partial charge in [0.25, 0.3) is 5.91 Å². The lowest BCUT2D eigenvalue weighted by atomic mass is 10.1. The highest BCUT2D eigenvalue weighted by Crippen LogP contribution is 2.29. The number of benzene rings is 1. The third-order valence-corrected chi connectivity index (χ3v) is 3.83. The van der Waals surface area contributed by atoms with Crippen LogP contribution in [0.5, 0.6) is 5.75 Å². The van der Waals surface area contributed by atoms with Crippen molar-refractivity contribution in [1.29, 1.82) is 0 Å². The molecule has 1 aromatic carbocycles. The zero-order valence-electron chi connectivity index (χ0n) is 13.2. The molecule has 124 valence electrons. The standard InChI is InChI=1S/C17H26N2O2.ClH/c1-2-3-4-15(11-18)19-17(20)14-7-9-16(10-8-14)21-12-13-5-6-13;/h7-10,13,15H,2-6,11-12,18H2,1H3,(H,19,20);1H. The monoisotopic (exact) mass is 326 g/mol. The summed E-state index contributed by atoms with van der Waals surface area (Å²) in [5.74, 6) is 1.51. The van der Waals surface area contributed by atoms with Crippen molar-refractivity contribution < 1.29 is 9.53 Å². The predicted molar refractivity (Wildman–Crippen MR) is 91.7 cm³/mol. The number of amides is 1. The van der Waals surface area contributed by atoms with Crippen LogP contribution in [0.3, 0.4) is 0 Å². The van der Waals surface area contributed by atoms with Gasteiger partial charge in [-0.25, -0.2) is 0 Å². The van der Waals surface area contributed by atoms with E-state index in [1.807, 2.05) is 24.3 Å². The molecule has 0 saturated heterocycles. The van der Waals surface area contributed by atoms with Crippen molar-refractivity contribution in [2.24, 2.45) is 11.7 Å². The van der Waals surface area contributed by atoms with Gasteiger partial charge < -0.3 is 15.8 Å². The number of nitrogens with one attached hydrogen (secondary N) is 1. The van der Waals surface area contributed by atoms with E-state index in [4.69, 9.17) is 10.5 Å². The highest BCUT2D eigenvalue weighted by molar-refractivity contribution is 5.94. The summed E-state index contributed by atoms with van der Waals surface area (Å²) < 4.78 is 5.67. The second-order valence-electron chi connectivity index (χ2n) is 5.83. The van der Waals surface area contributed by atoms with E-state index in [-0.39, 0.29) is 24.4 Å². The summed E-state index contributed by atoms with van der Waals surface area (Å²) in [6, 6.07) is 7.40. The van der Waals surface area contributed by atoms with E-state index in [1.54, 1.807) is 0 Å². The molecular formula is C17H27ClN2O2. The lowest BCUT2D eigenvalue weighted by Gasteiger charge is -2.16. The van der Waals surface area contributed by atoms with Crippen molar-refractivity contribution in [3.05, 3.63) is 29.8 Å². The summed E-state index contributed by atoms with van der Waals surface area (Å²) in [5, 5.41) is 2.99. The second kappa shape index (κ2) is 9.70. The molecule has 0 bridgehead atoms. The van der Waals surface area contributed by atoms with Gasteiger partial charge in [-0.1, -0.05) is 19.8 Å². The second-order valence-corrected chi connectivity index (χ2v) is 5.83. The SMILES string of the molecule is CCCCC(CN)NC(=O)c1ccc(OCC2CC2)cc1.Cl. The summed E-state index contributed by atoms with van der Waals surface area (Å²) in [6.45, 7) is 3.40. The van der Waals surface area contributed by atoms with E-state index >= 15 is 0 Å². The van der Waals surface area contributed by atoms with Crippen LogP contribution in [-0.2, 0) is 0 Å². The van der Waals surface area contributed by atoms with Crippen molar-refractivity contribution in [3.8, 4) is 5.75 Å². The van der Waals surface area contributed by atoms with Crippen LogP contribution in [0, 0.1) is 5.92 Å². The molecular weight excluding hydrogens is 300 g/mol. The van der Waals surface area contributed by atoms with Crippen LogP contribution in [0.25, 0.3) is 0 Å². The number of rotatable bonds is 9. The number of hydrogen-bond donors (Lipinski definition) is 2. The average molecular weight is 327 g/mol. The molecule has 4 nitrogen and oxygen atoms in total. The molecule has 1 fully saturated rings. The lowest BCUT2D eigenvalue weighted by Crippen LogP contribution is -2.40. The van der Waals surface area contributed by atoms with E-state index in [9.17, 15) is 4.79 Å². The highest BCUT2D eigenvalue weighted by atomic mass is 35.5. The number of halogens is 1. The Morgan fingerprint density at radius 1 is 1.36 bits per heavy atom. The highest BCUT2D eigenvalue weighted by Gasteiger charge is 2.21. The maximum absolute atomic E-state index is 12.2. The number of ether oxygens (including phenoxy) is 1. The van der Waals surface area contributed by atoms with E-state index in [0.29, 0.717) is 12.1 Å². The minimum Gasteiger partial charge on any atom is -0.493 e. The van der Waals surface area contributed by atoms with Crippen molar-refractivity contribution >= 4 is 18.3 Å². The van der Waals surface area contributed by atoms with Gasteiger partial charge in [0.2, 0.25) is 0 Å². The molecule has 1 atom stereocenters. The molecule has 22 heavy (non-hydrogen) atoms. The predicted octanol–water partition coefficient (Wildman–Crippen LogP) is 3.14. The molecule has 1 aliphatic rings. The molecule has 3 N–H and O–H groups in total. The molecule has 2 rings (SSSR count). The normalized spacial score (nSPS) is 14.8. The molecule has 5 heteroatoms. The van der Waals surface area contributed by atoms with Gasteiger partial charge in [0, 0.05) is 18.2 Å². The first-order valence-electron chi connectivity index (χ1n) is 7.96. The Hall–Kier alpha value is -1.26. The molecule has 1 unspecified atom stereocenters. The van der Waals surface area contributed by atoms with E-state index < -0.39 is 0 Å². The molecule has 1 aromatic rings. The topological polar surface area (TPSA) is 64.3 Å². The first kappa shape index (κ1) is 18.8. The molecule has 0 aromatic heterocycles. The van der Waals surface area contributed by atoms with Crippen molar-refractivity contribution in [2.75, 3.05) is 13.2 Å². The first-order valence-corrected chi connectivity index (χ1v) is 7.96. The quantitative estimate of drug-likeness (QED) is 0.732. The molecule has 1 amide bonds. The Morgan fingerprint density at radius 2 is 2.05 bits per heavy atom. The fourth-order valence-corrected chi connectivity index (χ4v) is 2.17. The molecule has 0 radical (unpaired) electrons. The average Bonchev–Trinajstić information content (AvgIpc) is 3.34. The van der Waals surface area contributed by atoms with Gasteiger partial charge >= 0.3 is 0 Å². The number of unbranched alkanes of at least 4 members (excludes halogenated alkanes) is 1. The Bertz CT molecular complexity index is 446. The Morgan fingerprint density at radius 3 is 2.59 bits per heavy atom. The van der Waals surface area contributed by atoms with E-state index in [2.05, 4.69) is 12.2 Å². The maximum atomic E-state index is 12.2. The molecule has 0 spiro atoms. The fourth-order valence-electron chi connectivity index (χ4n) is 2.17. The van der Waals surface area contributed by atoms with Crippen LogP contribution in [0.1, 0.15) is 49.4 Å². The van der Waals surface area contributed by atoms with Gasteiger partial charge in [-0.2, -0.15) is 0 Å². The third kappa shape index (κ3) is 6.24. The first-order chi connectivity index (χ1) is 10.2. The van der Waals surface area contributed by atoms with Gasteiger partial charge in [0.05, 0.1) is 6.61 Å². The Balaban J connectivity index is 0.00000242. The molecule has 1 aliphatic carbocycles. The van der Waals surface area contributed by atoms with Crippen LogP contribution in [0.15, 0.2) is 24.3 Å². The van der Waals surface area contributed by atoms with Gasteiger partial charge in [0.15, 0.2) is 0 Å². The largest absolute Gasteiger partial charge is 0.493 e. The van der Waals surface area contributed by atoms with Crippen molar-refractivity contribution in [1.82, 2.24) is 5.32 Å². The third-order valence-electron chi connectivity index (χ3n) is 3.83. The van der Waals surface area contributed by atoms with Crippen LogP contribution in [0.2, 0.25) is 0 Å². The molecule has 1 saturated carbocycles. The minimum atomic E-state index is -0.0599. The summed E-state index contributed by atoms with van der Waals surface area (Å²) >= 11 is 0. The Kier molecular flexibility index (Phi) is 8.28. The maximum Gasteiger partial charge on any atom is 0.251 e. The Labute approximate surface area is 139 Å². The van der Waals surface area contributed by atoms with Crippen LogP contribution >= 0.6 is 12.4 Å². The number of carbonyl (C=O) groups excluding carboxylic acids is 1. The summed E-state index contributed by atoms with van der Waals surface area (Å²) in [6.07, 6.45) is 5.67. The van der Waals surface area contributed by atoms with Crippen molar-refractivity contribution in [3.63, 3.8) is 0 Å². The summed E-state index contributed by atoms with van der Waals surface area (Å²) in [7, 11) is 0. The van der Waals surface area contributed by atoms with Crippen LogP contribution in [-0.4, -0.2) is 25.1 Å². The van der Waals surface area contributed by atoms with Gasteiger partial charge in [-0.15, -0.1) is 12.4 Å². The lowest BCUT2D eigenvalue weighted by molar-refractivity contribution is 0.0935. The smallest absolute Gasteiger partial charge is 0.251 e. The summed E-state index contributed by atoms with van der Waals surface area (Å²) in [5.41, 5.74) is 6.36. The number of carbonyl (C=O) groups is 1. The zero-order valence-corrected chi connectivity index (χ0v) is 14.0. The zero-order chi connectivity index (χ0) is 15.1. The fraction of sp³-hybridized carbons (Fsp3) is 0.588.